The molecule has 38 heavy (non-hydrogen) atoms. The Kier molecular flexibility index (Phi) is 8.41. The van der Waals surface area contributed by atoms with Crippen molar-refractivity contribution in [1.29, 1.82) is 0 Å². The number of rotatable bonds is 8. The van der Waals surface area contributed by atoms with E-state index in [0.717, 1.165) is 0 Å². The Balaban J connectivity index is 1.32. The van der Waals surface area contributed by atoms with E-state index in [1.807, 2.05) is 0 Å². The van der Waals surface area contributed by atoms with E-state index in [2.05, 4.69) is 10.0 Å². The minimum absolute atomic E-state index is 0.0227. The van der Waals surface area contributed by atoms with Crippen LogP contribution >= 0.6 is 11.6 Å². The van der Waals surface area contributed by atoms with Crippen molar-refractivity contribution in [2.75, 3.05) is 23.1 Å². The van der Waals surface area contributed by atoms with Crippen molar-refractivity contribution in [3.8, 4) is 0 Å². The molecule has 0 unspecified atom stereocenters. The van der Waals surface area contributed by atoms with E-state index in [9.17, 15) is 26.0 Å². The Labute approximate surface area is 226 Å². The van der Waals surface area contributed by atoms with E-state index in [-0.39, 0.29) is 35.6 Å². The quantitative estimate of drug-likeness (QED) is 0.399. The average Bonchev–Trinajstić information content (AvgIpc) is 2.88. The Morgan fingerprint density at radius 3 is 2.24 bits per heavy atom. The van der Waals surface area contributed by atoms with Crippen molar-refractivity contribution in [2.24, 2.45) is 5.92 Å². The standard InChI is InChI=1S/C26H27ClFN3O5S2/c1-18-24(27)3-2-4-25(18)30-38(35,36)23-11-9-22(10-12-23)29-26(32)20-13-15-31(16-14-20)37(33,34)17-19-5-7-21(28)8-6-19/h2-12,20,30H,13-17H2,1H3,(H,29,32). The average molecular weight is 580 g/mol. The molecule has 0 aliphatic carbocycles. The van der Waals surface area contributed by atoms with Crippen LogP contribution in [0.25, 0.3) is 0 Å². The maximum Gasteiger partial charge on any atom is 0.261 e. The van der Waals surface area contributed by atoms with Crippen molar-refractivity contribution in [2.45, 2.75) is 30.4 Å². The fourth-order valence-corrected chi connectivity index (χ4v) is 7.02. The number of nitrogens with one attached hydrogen (secondary N) is 2. The second-order valence-electron chi connectivity index (χ2n) is 9.09. The van der Waals surface area contributed by atoms with E-state index in [4.69, 9.17) is 11.6 Å². The smallest absolute Gasteiger partial charge is 0.261 e. The molecule has 0 saturated carbocycles. The van der Waals surface area contributed by atoms with Crippen LogP contribution in [0.3, 0.4) is 0 Å². The molecule has 12 heteroatoms. The molecule has 0 aromatic heterocycles. The highest BCUT2D eigenvalue weighted by Crippen LogP contribution is 2.27. The van der Waals surface area contributed by atoms with Gasteiger partial charge in [-0.05, 0) is 79.4 Å². The first kappa shape index (κ1) is 28.0. The first-order valence-electron chi connectivity index (χ1n) is 11.9. The fraction of sp³-hybridized carbons (Fsp3) is 0.269. The topological polar surface area (TPSA) is 113 Å². The van der Waals surface area contributed by atoms with Gasteiger partial charge in [-0.25, -0.2) is 25.5 Å². The summed E-state index contributed by atoms with van der Waals surface area (Å²) >= 11 is 6.07. The van der Waals surface area contributed by atoms with Gasteiger partial charge in [0.05, 0.1) is 16.3 Å². The zero-order chi connectivity index (χ0) is 27.5. The molecule has 3 aromatic rings. The molecule has 2 N–H and O–H groups in total. The first-order valence-corrected chi connectivity index (χ1v) is 15.3. The number of carbonyl (C=O) groups excluding carboxylic acids is 1. The van der Waals surface area contributed by atoms with Gasteiger partial charge in [0.15, 0.2) is 0 Å². The monoisotopic (exact) mass is 579 g/mol. The Hall–Kier alpha value is -2.99. The van der Waals surface area contributed by atoms with Crippen LogP contribution in [-0.4, -0.2) is 40.1 Å². The van der Waals surface area contributed by atoms with Gasteiger partial charge in [0.2, 0.25) is 15.9 Å². The number of hydrogen-bond acceptors (Lipinski definition) is 5. The number of carbonyl (C=O) groups is 1. The van der Waals surface area contributed by atoms with E-state index in [0.29, 0.717) is 40.4 Å². The lowest BCUT2D eigenvalue weighted by Crippen LogP contribution is -2.41. The predicted molar refractivity (Wildman–Crippen MR) is 145 cm³/mol. The second-order valence-corrected chi connectivity index (χ2v) is 13.1. The molecule has 0 radical (unpaired) electrons. The van der Waals surface area contributed by atoms with Crippen molar-refractivity contribution >= 4 is 48.9 Å². The zero-order valence-electron chi connectivity index (χ0n) is 20.5. The third-order valence-corrected chi connectivity index (χ3v) is 10.1. The van der Waals surface area contributed by atoms with Gasteiger partial charge in [-0.3, -0.25) is 9.52 Å². The van der Waals surface area contributed by atoms with Crippen LogP contribution in [0.5, 0.6) is 0 Å². The predicted octanol–water partition coefficient (Wildman–Crippen LogP) is 4.77. The van der Waals surface area contributed by atoms with Crippen LogP contribution in [-0.2, 0) is 30.6 Å². The summed E-state index contributed by atoms with van der Waals surface area (Å²) in [5, 5.41) is 3.22. The Bertz CT molecular complexity index is 1520. The highest BCUT2D eigenvalue weighted by atomic mass is 35.5. The normalized spacial score (nSPS) is 15.2. The van der Waals surface area contributed by atoms with Gasteiger partial charge < -0.3 is 5.32 Å². The third kappa shape index (κ3) is 6.71. The van der Waals surface area contributed by atoms with Crippen LogP contribution in [0.2, 0.25) is 5.02 Å². The number of anilines is 2. The number of halogens is 2. The van der Waals surface area contributed by atoms with Crippen LogP contribution in [0, 0.1) is 18.7 Å². The Morgan fingerprint density at radius 2 is 1.61 bits per heavy atom. The number of piperidine rings is 1. The van der Waals surface area contributed by atoms with Gasteiger partial charge >= 0.3 is 0 Å². The van der Waals surface area contributed by atoms with E-state index in [1.165, 1.54) is 52.8 Å². The lowest BCUT2D eigenvalue weighted by molar-refractivity contribution is -0.120. The molecule has 1 fully saturated rings. The number of benzene rings is 3. The maximum atomic E-state index is 13.1. The van der Waals surface area contributed by atoms with Gasteiger partial charge in [-0.1, -0.05) is 29.8 Å². The molecule has 0 spiro atoms. The summed E-state index contributed by atoms with van der Waals surface area (Å²) in [6.45, 7) is 2.12. The van der Waals surface area contributed by atoms with Crippen LogP contribution in [0.4, 0.5) is 15.8 Å². The lowest BCUT2D eigenvalue weighted by atomic mass is 9.97. The molecule has 0 bridgehead atoms. The van der Waals surface area contributed by atoms with E-state index < -0.39 is 25.9 Å². The fourth-order valence-electron chi connectivity index (χ4n) is 4.16. The third-order valence-electron chi connectivity index (χ3n) is 6.42. The number of sulfonamides is 2. The highest BCUT2D eigenvalue weighted by Gasteiger charge is 2.31. The van der Waals surface area contributed by atoms with E-state index in [1.54, 1.807) is 25.1 Å². The van der Waals surface area contributed by atoms with Gasteiger partial charge in [0.1, 0.15) is 5.82 Å². The molecule has 8 nitrogen and oxygen atoms in total. The van der Waals surface area contributed by atoms with Gasteiger partial charge in [0.25, 0.3) is 10.0 Å². The SMILES string of the molecule is Cc1c(Cl)cccc1NS(=O)(=O)c1ccc(NC(=O)C2CCN(S(=O)(=O)Cc3ccc(F)cc3)CC2)cc1. The molecule has 4 rings (SSSR count). The van der Waals surface area contributed by atoms with Gasteiger partial charge in [0, 0.05) is 29.7 Å². The summed E-state index contributed by atoms with van der Waals surface area (Å²) in [5.74, 6) is -1.31. The largest absolute Gasteiger partial charge is 0.326 e. The summed E-state index contributed by atoms with van der Waals surface area (Å²) in [7, 11) is -7.46. The summed E-state index contributed by atoms with van der Waals surface area (Å²) in [5.41, 5.74) is 1.91. The first-order chi connectivity index (χ1) is 17.9. The minimum atomic E-state index is -3.87. The Morgan fingerprint density at radius 1 is 0.974 bits per heavy atom. The lowest BCUT2D eigenvalue weighted by Gasteiger charge is -2.30. The molecular weight excluding hydrogens is 553 g/mol. The summed E-state index contributed by atoms with van der Waals surface area (Å²) in [6.07, 6.45) is 0.702. The van der Waals surface area contributed by atoms with Crippen molar-refractivity contribution in [1.82, 2.24) is 4.31 Å². The molecule has 1 saturated heterocycles. The summed E-state index contributed by atoms with van der Waals surface area (Å²) in [6, 6.07) is 16.0. The number of nitrogens with zero attached hydrogens (tertiary/aromatic N) is 1. The van der Waals surface area contributed by atoms with Crippen molar-refractivity contribution < 1.29 is 26.0 Å². The maximum absolute atomic E-state index is 13.1. The second kappa shape index (κ2) is 11.4. The van der Waals surface area contributed by atoms with Crippen LogP contribution in [0.15, 0.2) is 71.6 Å². The van der Waals surface area contributed by atoms with Gasteiger partial charge in [-0.15, -0.1) is 0 Å². The summed E-state index contributed by atoms with van der Waals surface area (Å²) < 4.78 is 68.0. The zero-order valence-corrected chi connectivity index (χ0v) is 22.9. The van der Waals surface area contributed by atoms with Crippen molar-refractivity contribution in [3.63, 3.8) is 0 Å². The van der Waals surface area contributed by atoms with Gasteiger partial charge in [-0.2, -0.15) is 0 Å². The molecule has 3 aromatic carbocycles. The van der Waals surface area contributed by atoms with Crippen molar-refractivity contribution in [3.05, 3.63) is 88.7 Å². The molecule has 0 atom stereocenters. The minimum Gasteiger partial charge on any atom is -0.326 e. The molecule has 1 amide bonds. The van der Waals surface area contributed by atoms with Crippen LogP contribution in [0.1, 0.15) is 24.0 Å². The molecular formula is C26H27ClFN3O5S2. The molecule has 202 valence electrons. The molecule has 1 aliphatic heterocycles. The summed E-state index contributed by atoms with van der Waals surface area (Å²) in [4.78, 5) is 12.8. The number of hydrogen-bond donors (Lipinski definition) is 2. The number of amides is 1. The van der Waals surface area contributed by atoms with Crippen LogP contribution < -0.4 is 10.0 Å². The molecule has 1 aliphatic rings. The van der Waals surface area contributed by atoms with E-state index >= 15 is 0 Å². The highest BCUT2D eigenvalue weighted by molar-refractivity contribution is 7.92. The molecule has 1 heterocycles.